The molecule has 1 saturated heterocycles. The summed E-state index contributed by atoms with van der Waals surface area (Å²) in [4.78, 5) is 0. The van der Waals surface area contributed by atoms with Gasteiger partial charge in [-0.25, -0.2) is 4.39 Å². The molecule has 12 heavy (non-hydrogen) atoms. The third-order valence-electron chi connectivity index (χ3n) is 2.52. The number of halogens is 1. The van der Waals surface area contributed by atoms with Gasteiger partial charge >= 0.3 is 0 Å². The summed E-state index contributed by atoms with van der Waals surface area (Å²) in [5.41, 5.74) is 0. The van der Waals surface area contributed by atoms with E-state index in [1.54, 1.807) is 0 Å². The molecular weight excluding hydrogens is 155 g/mol. The summed E-state index contributed by atoms with van der Waals surface area (Å²) in [6.45, 7) is 2.72. The molecule has 0 aromatic heterocycles. The zero-order chi connectivity index (χ0) is 8.81. The van der Waals surface area contributed by atoms with Gasteiger partial charge in [0.2, 0.25) is 0 Å². The summed E-state index contributed by atoms with van der Waals surface area (Å²) < 4.78 is 13.4. The van der Waals surface area contributed by atoms with Crippen LogP contribution >= 0.6 is 0 Å². The highest BCUT2D eigenvalue weighted by Crippen LogP contribution is 2.19. The van der Waals surface area contributed by atoms with Crippen molar-refractivity contribution in [3.8, 4) is 0 Å². The Kier molecular flexibility index (Phi) is 4.54. The Hall–Kier alpha value is -0.150. The highest BCUT2D eigenvalue weighted by Gasteiger charge is 2.22. The normalized spacial score (nSPS) is 27.0. The van der Waals surface area contributed by atoms with Crippen molar-refractivity contribution in [1.82, 2.24) is 10.6 Å². The van der Waals surface area contributed by atoms with E-state index in [4.69, 9.17) is 0 Å². The number of rotatable bonds is 4. The minimum absolute atomic E-state index is 0.257. The number of hydrogen-bond donors (Lipinski definition) is 2. The maximum absolute atomic E-state index is 13.4. The molecule has 0 aliphatic carbocycles. The minimum Gasteiger partial charge on any atom is -0.320 e. The standard InChI is InChI=1S/C9H19FN2/c1-11-6-4-9(10)8-3-2-5-12-7-8/h8-9,11-12H,2-7H2,1H3. The van der Waals surface area contributed by atoms with Crippen LogP contribution in [-0.2, 0) is 0 Å². The zero-order valence-corrected chi connectivity index (χ0v) is 7.78. The molecule has 72 valence electrons. The van der Waals surface area contributed by atoms with Gasteiger partial charge in [0.05, 0.1) is 0 Å². The lowest BCUT2D eigenvalue weighted by Crippen LogP contribution is -2.36. The van der Waals surface area contributed by atoms with Gasteiger partial charge in [0.15, 0.2) is 0 Å². The van der Waals surface area contributed by atoms with Gasteiger partial charge in [-0.05, 0) is 39.4 Å². The van der Waals surface area contributed by atoms with Crippen molar-refractivity contribution in [1.29, 1.82) is 0 Å². The summed E-state index contributed by atoms with van der Waals surface area (Å²) in [7, 11) is 1.87. The van der Waals surface area contributed by atoms with Crippen molar-refractivity contribution in [2.45, 2.75) is 25.4 Å². The van der Waals surface area contributed by atoms with E-state index < -0.39 is 6.17 Å². The molecule has 2 nitrogen and oxygen atoms in total. The Bertz CT molecular complexity index is 113. The van der Waals surface area contributed by atoms with E-state index in [-0.39, 0.29) is 5.92 Å². The predicted octanol–water partition coefficient (Wildman–Crippen LogP) is 0.934. The molecule has 1 aliphatic rings. The van der Waals surface area contributed by atoms with Crippen molar-refractivity contribution in [3.63, 3.8) is 0 Å². The molecule has 0 spiro atoms. The minimum atomic E-state index is -0.620. The first-order valence-electron chi connectivity index (χ1n) is 4.84. The van der Waals surface area contributed by atoms with Crippen LogP contribution in [-0.4, -0.2) is 32.9 Å². The van der Waals surface area contributed by atoms with Crippen LogP contribution in [0.15, 0.2) is 0 Å². The van der Waals surface area contributed by atoms with Crippen LogP contribution in [0.3, 0.4) is 0 Å². The van der Waals surface area contributed by atoms with Crippen molar-refractivity contribution in [3.05, 3.63) is 0 Å². The van der Waals surface area contributed by atoms with E-state index in [2.05, 4.69) is 10.6 Å². The van der Waals surface area contributed by atoms with Gasteiger partial charge in [-0.15, -0.1) is 0 Å². The first-order chi connectivity index (χ1) is 5.84. The predicted molar refractivity (Wildman–Crippen MR) is 49.0 cm³/mol. The van der Waals surface area contributed by atoms with Crippen LogP contribution in [0.4, 0.5) is 4.39 Å². The summed E-state index contributed by atoms with van der Waals surface area (Å²) in [5.74, 6) is 0.257. The van der Waals surface area contributed by atoms with Crippen LogP contribution in [0, 0.1) is 5.92 Å². The van der Waals surface area contributed by atoms with Crippen molar-refractivity contribution in [2.75, 3.05) is 26.7 Å². The molecule has 0 amide bonds. The second-order valence-electron chi connectivity index (χ2n) is 3.51. The smallest absolute Gasteiger partial charge is 0.105 e. The molecule has 2 N–H and O–H groups in total. The SMILES string of the molecule is CNCCC(F)C1CCCNC1. The lowest BCUT2D eigenvalue weighted by Gasteiger charge is -2.25. The van der Waals surface area contributed by atoms with E-state index in [9.17, 15) is 4.39 Å². The third-order valence-corrected chi connectivity index (χ3v) is 2.52. The lowest BCUT2D eigenvalue weighted by molar-refractivity contribution is 0.181. The molecule has 1 rings (SSSR count). The molecule has 2 unspecified atom stereocenters. The lowest BCUT2D eigenvalue weighted by atomic mass is 9.93. The van der Waals surface area contributed by atoms with Crippen molar-refractivity contribution >= 4 is 0 Å². The Morgan fingerprint density at radius 1 is 1.67 bits per heavy atom. The summed E-state index contributed by atoms with van der Waals surface area (Å²) >= 11 is 0. The van der Waals surface area contributed by atoms with E-state index >= 15 is 0 Å². The van der Waals surface area contributed by atoms with Gasteiger partial charge in [0.1, 0.15) is 6.17 Å². The van der Waals surface area contributed by atoms with Crippen LogP contribution in [0.5, 0.6) is 0 Å². The van der Waals surface area contributed by atoms with E-state index in [0.29, 0.717) is 6.42 Å². The maximum Gasteiger partial charge on any atom is 0.105 e. The van der Waals surface area contributed by atoms with Crippen molar-refractivity contribution in [2.24, 2.45) is 5.92 Å². The topological polar surface area (TPSA) is 24.1 Å². The van der Waals surface area contributed by atoms with Gasteiger partial charge in [-0.2, -0.15) is 0 Å². The Labute approximate surface area is 73.9 Å². The number of nitrogens with one attached hydrogen (secondary N) is 2. The van der Waals surface area contributed by atoms with Crippen molar-refractivity contribution < 1.29 is 4.39 Å². The largest absolute Gasteiger partial charge is 0.320 e. The van der Waals surface area contributed by atoms with E-state index in [1.165, 1.54) is 0 Å². The molecule has 0 aromatic rings. The molecule has 3 heteroatoms. The average molecular weight is 174 g/mol. The maximum atomic E-state index is 13.4. The molecule has 2 atom stereocenters. The number of piperidine rings is 1. The summed E-state index contributed by atoms with van der Waals surface area (Å²) in [6, 6.07) is 0. The molecule has 0 saturated carbocycles. The van der Waals surface area contributed by atoms with E-state index in [1.807, 2.05) is 7.05 Å². The molecule has 1 heterocycles. The van der Waals surface area contributed by atoms with Crippen LogP contribution in [0.2, 0.25) is 0 Å². The Balaban J connectivity index is 2.15. The van der Waals surface area contributed by atoms with Crippen LogP contribution in [0.25, 0.3) is 0 Å². The molecular formula is C9H19FN2. The second-order valence-corrected chi connectivity index (χ2v) is 3.51. The third kappa shape index (κ3) is 3.07. The molecule has 0 aromatic carbocycles. The second kappa shape index (κ2) is 5.49. The first-order valence-corrected chi connectivity index (χ1v) is 4.84. The van der Waals surface area contributed by atoms with Crippen LogP contribution < -0.4 is 10.6 Å². The van der Waals surface area contributed by atoms with E-state index in [0.717, 1.165) is 32.5 Å². The fraction of sp³-hybridized carbons (Fsp3) is 1.00. The summed E-state index contributed by atoms with van der Waals surface area (Å²) in [6.07, 6.45) is 2.22. The summed E-state index contributed by atoms with van der Waals surface area (Å²) in [5, 5.41) is 6.21. The molecule has 0 bridgehead atoms. The Morgan fingerprint density at radius 2 is 2.50 bits per heavy atom. The quantitative estimate of drug-likeness (QED) is 0.662. The fourth-order valence-corrected chi connectivity index (χ4v) is 1.71. The molecule has 1 fully saturated rings. The molecule has 1 aliphatic heterocycles. The average Bonchev–Trinajstić information content (AvgIpc) is 2.15. The highest BCUT2D eigenvalue weighted by molar-refractivity contribution is 4.76. The Morgan fingerprint density at radius 3 is 3.08 bits per heavy atom. The monoisotopic (exact) mass is 174 g/mol. The first kappa shape index (κ1) is 9.93. The number of hydrogen-bond acceptors (Lipinski definition) is 2. The van der Waals surface area contributed by atoms with Crippen LogP contribution in [0.1, 0.15) is 19.3 Å². The van der Waals surface area contributed by atoms with Gasteiger partial charge in [0.25, 0.3) is 0 Å². The number of alkyl halides is 1. The fourth-order valence-electron chi connectivity index (χ4n) is 1.71. The van der Waals surface area contributed by atoms with Gasteiger partial charge in [0, 0.05) is 12.5 Å². The zero-order valence-electron chi connectivity index (χ0n) is 7.78. The van der Waals surface area contributed by atoms with Gasteiger partial charge < -0.3 is 10.6 Å². The molecule has 0 radical (unpaired) electrons. The van der Waals surface area contributed by atoms with Gasteiger partial charge in [-0.1, -0.05) is 0 Å². The highest BCUT2D eigenvalue weighted by atomic mass is 19.1. The van der Waals surface area contributed by atoms with Gasteiger partial charge in [-0.3, -0.25) is 0 Å².